The molecule has 0 atom stereocenters. The molecule has 38 heavy (non-hydrogen) atoms. The Hall–Kier alpha value is -2.96. The summed E-state index contributed by atoms with van der Waals surface area (Å²) in [5.74, 6) is 0.573. The van der Waals surface area contributed by atoms with Gasteiger partial charge in [0.1, 0.15) is 12.3 Å². The maximum atomic E-state index is 13.8. The number of nitrogens with zero attached hydrogens (tertiary/aromatic N) is 3. The molecule has 0 fully saturated rings. The van der Waals surface area contributed by atoms with Crippen LogP contribution in [0.1, 0.15) is 56.2 Å². The van der Waals surface area contributed by atoms with Gasteiger partial charge in [-0.3, -0.25) is 9.59 Å². The van der Waals surface area contributed by atoms with Crippen LogP contribution in [0.4, 0.5) is 0 Å². The first kappa shape index (κ1) is 29.6. The van der Waals surface area contributed by atoms with E-state index < -0.39 is 5.54 Å². The summed E-state index contributed by atoms with van der Waals surface area (Å²) in [5, 5.41) is 0.759. The zero-order valence-corrected chi connectivity index (χ0v) is 24.5. The van der Waals surface area contributed by atoms with Crippen molar-refractivity contribution in [3.8, 4) is 5.75 Å². The molecule has 0 aliphatic carbocycles. The van der Waals surface area contributed by atoms with Gasteiger partial charge in [0.05, 0.1) is 13.7 Å². The Morgan fingerprint density at radius 2 is 1.68 bits per heavy atom. The van der Waals surface area contributed by atoms with E-state index in [9.17, 15) is 9.59 Å². The van der Waals surface area contributed by atoms with Crippen molar-refractivity contribution in [1.82, 2.24) is 14.4 Å². The Morgan fingerprint density at radius 1 is 1.00 bits per heavy atom. The Kier molecular flexibility index (Phi) is 9.91. The number of halogens is 2. The predicted molar refractivity (Wildman–Crippen MR) is 154 cm³/mol. The third kappa shape index (κ3) is 8.02. The molecule has 3 aromatic rings. The van der Waals surface area contributed by atoms with Crippen LogP contribution in [0.5, 0.6) is 5.75 Å². The van der Waals surface area contributed by atoms with Crippen LogP contribution in [0.2, 0.25) is 10.0 Å². The number of carbonyl (C=O) groups excluding carboxylic acids is 2. The maximum absolute atomic E-state index is 13.8. The van der Waals surface area contributed by atoms with Gasteiger partial charge in [0, 0.05) is 46.1 Å². The SMILES string of the molecule is COc1cccc(Cn2cccc2CN(C(=O)CN(CC(C)C)C(=O)c2cc(Cl)cc(Cl)c2)C(C)(C)C)c1. The van der Waals surface area contributed by atoms with Gasteiger partial charge >= 0.3 is 0 Å². The molecule has 2 amide bonds. The van der Waals surface area contributed by atoms with Crippen molar-refractivity contribution in [1.29, 1.82) is 0 Å². The number of hydrogen-bond acceptors (Lipinski definition) is 3. The van der Waals surface area contributed by atoms with Crippen LogP contribution < -0.4 is 4.74 Å². The molecular formula is C30H37Cl2N3O3. The molecular weight excluding hydrogens is 521 g/mol. The minimum Gasteiger partial charge on any atom is -0.497 e. The van der Waals surface area contributed by atoms with E-state index in [2.05, 4.69) is 10.6 Å². The summed E-state index contributed by atoms with van der Waals surface area (Å²) < 4.78 is 7.50. The number of hydrogen-bond donors (Lipinski definition) is 0. The van der Waals surface area contributed by atoms with Gasteiger partial charge in [0.2, 0.25) is 5.91 Å². The van der Waals surface area contributed by atoms with Gasteiger partial charge < -0.3 is 19.1 Å². The van der Waals surface area contributed by atoms with Gasteiger partial charge in [-0.25, -0.2) is 0 Å². The first-order chi connectivity index (χ1) is 17.9. The van der Waals surface area contributed by atoms with Crippen molar-refractivity contribution in [2.24, 2.45) is 5.92 Å². The Bertz CT molecular complexity index is 1240. The summed E-state index contributed by atoms with van der Waals surface area (Å²) in [6, 6.07) is 16.7. The average molecular weight is 559 g/mol. The van der Waals surface area contributed by atoms with E-state index in [4.69, 9.17) is 27.9 Å². The van der Waals surface area contributed by atoms with Crippen LogP contribution in [-0.2, 0) is 17.9 Å². The fourth-order valence-corrected chi connectivity index (χ4v) is 4.87. The third-order valence-electron chi connectivity index (χ3n) is 6.15. The molecule has 1 heterocycles. The highest BCUT2D eigenvalue weighted by molar-refractivity contribution is 6.35. The number of benzene rings is 2. The van der Waals surface area contributed by atoms with Crippen LogP contribution in [0.15, 0.2) is 60.8 Å². The molecule has 3 rings (SSSR count). The lowest BCUT2D eigenvalue weighted by molar-refractivity contribution is -0.137. The lowest BCUT2D eigenvalue weighted by Gasteiger charge is -2.38. The molecule has 0 aliphatic rings. The normalized spacial score (nSPS) is 11.5. The number of amides is 2. The van der Waals surface area contributed by atoms with E-state index in [0.29, 0.717) is 35.2 Å². The number of ether oxygens (including phenoxy) is 1. The molecule has 8 heteroatoms. The molecule has 0 unspecified atom stereocenters. The van der Waals surface area contributed by atoms with Gasteiger partial charge in [-0.2, -0.15) is 0 Å². The molecule has 6 nitrogen and oxygen atoms in total. The van der Waals surface area contributed by atoms with Crippen LogP contribution in [0, 0.1) is 5.92 Å². The number of aromatic nitrogens is 1. The number of carbonyl (C=O) groups is 2. The predicted octanol–water partition coefficient (Wildman–Crippen LogP) is 6.78. The van der Waals surface area contributed by atoms with E-state index in [1.54, 1.807) is 30.2 Å². The summed E-state index contributed by atoms with van der Waals surface area (Å²) >= 11 is 12.3. The zero-order chi connectivity index (χ0) is 28.0. The van der Waals surface area contributed by atoms with Crippen molar-refractivity contribution >= 4 is 35.0 Å². The van der Waals surface area contributed by atoms with Gasteiger partial charge in [-0.1, -0.05) is 49.2 Å². The summed E-state index contributed by atoms with van der Waals surface area (Å²) in [5.41, 5.74) is 2.00. The standard InChI is InChI=1S/C30H37Cl2N3O3/c1-21(2)17-34(29(37)23-14-24(31)16-25(32)15-23)20-28(36)35(30(3,4)5)19-26-10-8-12-33(26)18-22-9-7-11-27(13-22)38-6/h7-16,21H,17-20H2,1-6H3. The Balaban J connectivity index is 1.84. The highest BCUT2D eigenvalue weighted by Gasteiger charge is 2.30. The highest BCUT2D eigenvalue weighted by atomic mass is 35.5. The summed E-state index contributed by atoms with van der Waals surface area (Å²) in [4.78, 5) is 30.6. The van der Waals surface area contributed by atoms with Crippen molar-refractivity contribution in [2.75, 3.05) is 20.2 Å². The van der Waals surface area contributed by atoms with Gasteiger partial charge in [0.25, 0.3) is 5.91 Å². The summed E-state index contributed by atoms with van der Waals surface area (Å²) in [6.07, 6.45) is 2.01. The fraction of sp³-hybridized carbons (Fsp3) is 0.400. The molecule has 2 aromatic carbocycles. The molecule has 0 saturated heterocycles. The second-order valence-electron chi connectivity index (χ2n) is 10.9. The second-order valence-corrected chi connectivity index (χ2v) is 11.7. The summed E-state index contributed by atoms with van der Waals surface area (Å²) in [6.45, 7) is 11.5. The van der Waals surface area contributed by atoms with Crippen LogP contribution in [-0.4, -0.2) is 51.9 Å². The lowest BCUT2D eigenvalue weighted by atomic mass is 10.0. The van der Waals surface area contributed by atoms with Gasteiger partial charge in [-0.15, -0.1) is 0 Å². The smallest absolute Gasteiger partial charge is 0.254 e. The quantitative estimate of drug-likeness (QED) is 0.276. The Labute approximate surface area is 236 Å². The first-order valence-corrected chi connectivity index (χ1v) is 13.5. The van der Waals surface area contributed by atoms with E-state index in [1.165, 1.54) is 0 Å². The molecule has 0 radical (unpaired) electrons. The van der Waals surface area contributed by atoms with E-state index in [-0.39, 0.29) is 24.3 Å². The minimum atomic E-state index is -0.464. The van der Waals surface area contributed by atoms with Crippen molar-refractivity contribution < 1.29 is 14.3 Å². The summed E-state index contributed by atoms with van der Waals surface area (Å²) in [7, 11) is 1.65. The van der Waals surface area contributed by atoms with E-state index >= 15 is 0 Å². The third-order valence-corrected chi connectivity index (χ3v) is 6.59. The van der Waals surface area contributed by atoms with Gasteiger partial charge in [-0.05, 0) is 74.7 Å². The highest BCUT2D eigenvalue weighted by Crippen LogP contribution is 2.23. The second kappa shape index (κ2) is 12.7. The van der Waals surface area contributed by atoms with E-state index in [0.717, 1.165) is 17.0 Å². The van der Waals surface area contributed by atoms with E-state index in [1.807, 2.05) is 76.0 Å². The topological polar surface area (TPSA) is 54.8 Å². The van der Waals surface area contributed by atoms with Crippen LogP contribution in [0.25, 0.3) is 0 Å². The Morgan fingerprint density at radius 3 is 2.29 bits per heavy atom. The molecule has 0 saturated carbocycles. The van der Waals surface area contributed by atoms with Crippen molar-refractivity contribution in [3.05, 3.63) is 87.7 Å². The molecule has 1 aromatic heterocycles. The van der Waals surface area contributed by atoms with Gasteiger partial charge in [0.15, 0.2) is 0 Å². The monoisotopic (exact) mass is 557 g/mol. The largest absolute Gasteiger partial charge is 0.497 e. The number of methoxy groups -OCH3 is 1. The molecule has 0 aliphatic heterocycles. The minimum absolute atomic E-state index is 0.0466. The van der Waals surface area contributed by atoms with Crippen LogP contribution >= 0.6 is 23.2 Å². The fourth-order valence-electron chi connectivity index (χ4n) is 4.34. The zero-order valence-electron chi connectivity index (χ0n) is 23.0. The van der Waals surface area contributed by atoms with Crippen molar-refractivity contribution in [3.63, 3.8) is 0 Å². The van der Waals surface area contributed by atoms with Crippen LogP contribution in [0.3, 0.4) is 0 Å². The van der Waals surface area contributed by atoms with Crippen molar-refractivity contribution in [2.45, 2.75) is 53.2 Å². The molecule has 204 valence electrons. The first-order valence-electron chi connectivity index (χ1n) is 12.7. The molecule has 0 bridgehead atoms. The molecule has 0 N–H and O–H groups in total. The lowest BCUT2D eigenvalue weighted by Crippen LogP contribution is -2.50. The molecule has 0 spiro atoms. The maximum Gasteiger partial charge on any atom is 0.254 e. The number of rotatable bonds is 10. The average Bonchev–Trinajstić information content (AvgIpc) is 3.26.